The van der Waals surface area contributed by atoms with Crippen LogP contribution in [0.2, 0.25) is 0 Å². The van der Waals surface area contributed by atoms with Crippen molar-refractivity contribution in [2.45, 2.75) is 25.8 Å². The molecule has 7 heteroatoms. The van der Waals surface area contributed by atoms with Crippen LogP contribution in [0.4, 0.5) is 11.6 Å². The molecule has 1 N–H and O–H groups in total. The third kappa shape index (κ3) is 3.51. The number of hydrogen-bond donors (Lipinski definition) is 1. The van der Waals surface area contributed by atoms with E-state index in [9.17, 15) is 0 Å². The van der Waals surface area contributed by atoms with Crippen molar-refractivity contribution in [3.05, 3.63) is 66.7 Å². The summed E-state index contributed by atoms with van der Waals surface area (Å²) >= 11 is 0. The van der Waals surface area contributed by atoms with Crippen LogP contribution in [-0.2, 0) is 0 Å². The molecule has 7 nitrogen and oxygen atoms in total. The third-order valence-electron chi connectivity index (χ3n) is 5.39. The van der Waals surface area contributed by atoms with Crippen molar-refractivity contribution in [2.24, 2.45) is 0 Å². The van der Waals surface area contributed by atoms with Gasteiger partial charge in [0.05, 0.1) is 22.8 Å². The zero-order valence-corrected chi connectivity index (χ0v) is 16.4. The molecule has 1 fully saturated rings. The molecule has 0 unspecified atom stereocenters. The van der Waals surface area contributed by atoms with E-state index in [0.717, 1.165) is 41.4 Å². The SMILES string of the molecule is C[C@@H](Nc1nc2ccccc2nc1N1CCCC1)c1ccc(-n2cncn2)cc1. The molecular weight excluding hydrogens is 362 g/mol. The smallest absolute Gasteiger partial charge is 0.172 e. The Morgan fingerprint density at radius 2 is 1.66 bits per heavy atom. The van der Waals surface area contributed by atoms with E-state index in [2.05, 4.69) is 51.5 Å². The number of nitrogens with zero attached hydrogens (tertiary/aromatic N) is 6. The van der Waals surface area contributed by atoms with Gasteiger partial charge in [-0.05, 0) is 49.6 Å². The predicted molar refractivity (Wildman–Crippen MR) is 114 cm³/mol. The molecule has 0 bridgehead atoms. The van der Waals surface area contributed by atoms with Crippen LogP contribution >= 0.6 is 0 Å². The number of anilines is 2. The third-order valence-corrected chi connectivity index (χ3v) is 5.39. The van der Waals surface area contributed by atoms with Gasteiger partial charge in [-0.25, -0.2) is 19.6 Å². The molecule has 5 rings (SSSR count). The summed E-state index contributed by atoms with van der Waals surface area (Å²) in [5.74, 6) is 1.80. The minimum Gasteiger partial charge on any atom is -0.360 e. The lowest BCUT2D eigenvalue weighted by molar-refractivity contribution is 0.852. The summed E-state index contributed by atoms with van der Waals surface area (Å²) in [6, 6.07) is 16.5. The number of fused-ring (bicyclic) bond motifs is 1. The lowest BCUT2D eigenvalue weighted by Gasteiger charge is -2.23. The van der Waals surface area contributed by atoms with E-state index >= 15 is 0 Å². The van der Waals surface area contributed by atoms with Gasteiger partial charge in [0.15, 0.2) is 11.6 Å². The number of nitrogens with one attached hydrogen (secondary N) is 1. The Hall–Kier alpha value is -3.48. The van der Waals surface area contributed by atoms with Gasteiger partial charge < -0.3 is 10.2 Å². The van der Waals surface area contributed by atoms with Crippen LogP contribution in [-0.4, -0.2) is 37.8 Å². The molecule has 2 aromatic heterocycles. The lowest BCUT2D eigenvalue weighted by atomic mass is 10.1. The summed E-state index contributed by atoms with van der Waals surface area (Å²) in [4.78, 5) is 16.2. The highest BCUT2D eigenvalue weighted by Crippen LogP contribution is 2.30. The second-order valence-corrected chi connectivity index (χ2v) is 7.38. The molecule has 4 aromatic rings. The van der Waals surface area contributed by atoms with Crippen LogP contribution in [0.5, 0.6) is 0 Å². The van der Waals surface area contributed by atoms with Crippen LogP contribution in [0.1, 0.15) is 31.4 Å². The Morgan fingerprint density at radius 3 is 2.34 bits per heavy atom. The van der Waals surface area contributed by atoms with Gasteiger partial charge in [-0.1, -0.05) is 24.3 Å². The van der Waals surface area contributed by atoms with Crippen molar-refractivity contribution in [2.75, 3.05) is 23.3 Å². The van der Waals surface area contributed by atoms with Gasteiger partial charge in [-0.3, -0.25) is 0 Å². The van der Waals surface area contributed by atoms with Gasteiger partial charge in [0.1, 0.15) is 12.7 Å². The zero-order valence-electron chi connectivity index (χ0n) is 16.4. The first kappa shape index (κ1) is 17.6. The molecule has 3 heterocycles. The van der Waals surface area contributed by atoms with Crippen LogP contribution in [0.3, 0.4) is 0 Å². The van der Waals surface area contributed by atoms with E-state index in [-0.39, 0.29) is 6.04 Å². The molecule has 0 amide bonds. The largest absolute Gasteiger partial charge is 0.360 e. The fourth-order valence-electron chi connectivity index (χ4n) is 3.78. The minimum atomic E-state index is 0.0941. The predicted octanol–water partition coefficient (Wildman–Crippen LogP) is 3.98. The van der Waals surface area contributed by atoms with Crippen LogP contribution < -0.4 is 10.2 Å². The normalized spacial score (nSPS) is 15.0. The lowest BCUT2D eigenvalue weighted by Crippen LogP contribution is -2.22. The second kappa shape index (κ2) is 7.50. The summed E-state index contributed by atoms with van der Waals surface area (Å²) < 4.78 is 1.75. The molecule has 1 aliphatic rings. The molecule has 146 valence electrons. The summed E-state index contributed by atoms with van der Waals surface area (Å²) in [6.45, 7) is 4.21. The van der Waals surface area contributed by atoms with Gasteiger partial charge in [0, 0.05) is 13.1 Å². The van der Waals surface area contributed by atoms with Crippen LogP contribution in [0, 0.1) is 0 Å². The molecule has 0 saturated carbocycles. The monoisotopic (exact) mass is 385 g/mol. The van der Waals surface area contributed by atoms with Crippen LogP contribution in [0.15, 0.2) is 61.2 Å². The average Bonchev–Trinajstić information content (AvgIpc) is 3.48. The molecule has 1 atom stereocenters. The molecule has 2 aromatic carbocycles. The highest BCUT2D eigenvalue weighted by molar-refractivity contribution is 5.80. The Labute approximate surface area is 169 Å². The Morgan fingerprint density at radius 1 is 0.931 bits per heavy atom. The quantitative estimate of drug-likeness (QED) is 0.560. The van der Waals surface area contributed by atoms with Crippen molar-refractivity contribution in [3.8, 4) is 5.69 Å². The summed E-state index contributed by atoms with van der Waals surface area (Å²) in [7, 11) is 0. The minimum absolute atomic E-state index is 0.0941. The first-order valence-electron chi connectivity index (χ1n) is 10.0. The Balaban J connectivity index is 1.44. The first-order chi connectivity index (χ1) is 14.3. The number of para-hydroxylation sites is 2. The fourth-order valence-corrected chi connectivity index (χ4v) is 3.78. The van der Waals surface area contributed by atoms with Crippen molar-refractivity contribution >= 4 is 22.7 Å². The van der Waals surface area contributed by atoms with Crippen molar-refractivity contribution in [3.63, 3.8) is 0 Å². The van der Waals surface area contributed by atoms with Crippen molar-refractivity contribution in [1.82, 2.24) is 24.7 Å². The molecule has 0 spiro atoms. The Kier molecular flexibility index (Phi) is 4.56. The van der Waals surface area contributed by atoms with Crippen molar-refractivity contribution in [1.29, 1.82) is 0 Å². The van der Waals surface area contributed by atoms with E-state index in [1.54, 1.807) is 11.0 Å². The number of aromatic nitrogens is 5. The van der Waals surface area contributed by atoms with Gasteiger partial charge in [0.2, 0.25) is 0 Å². The number of benzene rings is 2. The Bertz CT molecular complexity index is 1100. The molecule has 1 aliphatic heterocycles. The molecular formula is C22H23N7. The van der Waals surface area contributed by atoms with Gasteiger partial charge in [-0.2, -0.15) is 5.10 Å². The maximum Gasteiger partial charge on any atom is 0.172 e. The number of hydrogen-bond acceptors (Lipinski definition) is 6. The van der Waals surface area contributed by atoms with E-state index in [1.807, 2.05) is 24.3 Å². The van der Waals surface area contributed by atoms with Crippen LogP contribution in [0.25, 0.3) is 16.7 Å². The van der Waals surface area contributed by atoms with Crippen molar-refractivity contribution < 1.29 is 0 Å². The van der Waals surface area contributed by atoms with Gasteiger partial charge in [-0.15, -0.1) is 0 Å². The fraction of sp³-hybridized carbons (Fsp3) is 0.273. The molecule has 29 heavy (non-hydrogen) atoms. The number of rotatable bonds is 5. The van der Waals surface area contributed by atoms with E-state index in [0.29, 0.717) is 0 Å². The highest BCUT2D eigenvalue weighted by atomic mass is 15.3. The van der Waals surface area contributed by atoms with E-state index < -0.39 is 0 Å². The maximum atomic E-state index is 4.93. The van der Waals surface area contributed by atoms with Gasteiger partial charge in [0.25, 0.3) is 0 Å². The van der Waals surface area contributed by atoms with E-state index in [1.165, 1.54) is 24.7 Å². The average molecular weight is 385 g/mol. The molecule has 0 radical (unpaired) electrons. The summed E-state index contributed by atoms with van der Waals surface area (Å²) in [5, 5.41) is 7.78. The summed E-state index contributed by atoms with van der Waals surface area (Å²) in [5.41, 5.74) is 4.01. The zero-order chi connectivity index (χ0) is 19.6. The second-order valence-electron chi connectivity index (χ2n) is 7.38. The van der Waals surface area contributed by atoms with E-state index in [4.69, 9.17) is 9.97 Å². The first-order valence-corrected chi connectivity index (χ1v) is 10.0. The topological polar surface area (TPSA) is 71.8 Å². The maximum absolute atomic E-state index is 4.93. The standard InChI is InChI=1S/C22H23N7/c1-16(17-8-10-18(11-9-17)29-15-23-14-24-29)25-21-22(28-12-4-5-13-28)27-20-7-3-2-6-19(20)26-21/h2-3,6-11,14-16H,4-5,12-13H2,1H3,(H,25,26)/t16-/m1/s1. The summed E-state index contributed by atoms with van der Waals surface area (Å²) in [6.07, 6.45) is 5.64. The van der Waals surface area contributed by atoms with Gasteiger partial charge >= 0.3 is 0 Å². The molecule has 1 saturated heterocycles. The molecule has 0 aliphatic carbocycles. The highest BCUT2D eigenvalue weighted by Gasteiger charge is 2.20.